The van der Waals surface area contributed by atoms with Crippen molar-refractivity contribution >= 4 is 12.0 Å². The van der Waals surface area contributed by atoms with Crippen LogP contribution in [0.4, 0.5) is 4.79 Å². The van der Waals surface area contributed by atoms with Crippen molar-refractivity contribution in [3.8, 4) is 0 Å². The summed E-state index contributed by atoms with van der Waals surface area (Å²) in [5.74, 6) is -0.641. The Bertz CT molecular complexity index is 338. The summed E-state index contributed by atoms with van der Waals surface area (Å²) in [6.45, 7) is 4.49. The number of carboxylic acid groups (broad SMARTS) is 1. The molecule has 1 rings (SSSR count). The maximum Gasteiger partial charge on any atom is 0.317 e. The van der Waals surface area contributed by atoms with Gasteiger partial charge in [0.25, 0.3) is 0 Å². The summed E-state index contributed by atoms with van der Waals surface area (Å²) in [4.78, 5) is 24.0. The molecule has 116 valence electrons. The number of hydrogen-bond acceptors (Lipinski definition) is 4. The number of carbonyl (C=O) groups excluding carboxylic acids is 1. The molecule has 1 aliphatic rings. The Morgan fingerprint density at radius 2 is 1.80 bits per heavy atom. The molecule has 0 bridgehead atoms. The molecule has 0 radical (unpaired) electrons. The molecule has 7 nitrogen and oxygen atoms in total. The lowest BCUT2D eigenvalue weighted by Crippen LogP contribution is -2.41. The summed E-state index contributed by atoms with van der Waals surface area (Å²) < 4.78 is 0. The number of amides is 2. The summed E-state index contributed by atoms with van der Waals surface area (Å²) in [7, 11) is 0. The van der Waals surface area contributed by atoms with Crippen molar-refractivity contribution < 1.29 is 24.9 Å². The third kappa shape index (κ3) is 5.34. The number of likely N-dealkylation sites (tertiary alicyclic amines) is 1. The van der Waals surface area contributed by atoms with Crippen LogP contribution in [0.15, 0.2) is 0 Å². The fraction of sp³-hybridized carbons (Fsp3) is 0.846. The standard InChI is InChI=1S/C13H24N2O5/c1-8(2)3-9(4-12(18)19)5-14-13(20)15-6-10(16)11(17)7-15/h8-11,16-17H,3-7H2,1-2H3,(H,14,20)(H,18,19). The van der Waals surface area contributed by atoms with E-state index in [4.69, 9.17) is 5.11 Å². The van der Waals surface area contributed by atoms with Crippen molar-refractivity contribution in [2.45, 2.75) is 38.9 Å². The number of aliphatic hydroxyl groups excluding tert-OH is 2. The van der Waals surface area contributed by atoms with E-state index < -0.39 is 18.2 Å². The van der Waals surface area contributed by atoms with Gasteiger partial charge < -0.3 is 25.5 Å². The highest BCUT2D eigenvalue weighted by Gasteiger charge is 2.32. The second-order valence-electron chi connectivity index (χ2n) is 5.82. The Kier molecular flexibility index (Phi) is 6.22. The topological polar surface area (TPSA) is 110 Å². The summed E-state index contributed by atoms with van der Waals surface area (Å²) >= 11 is 0. The van der Waals surface area contributed by atoms with E-state index in [1.165, 1.54) is 4.90 Å². The molecule has 1 aliphatic heterocycles. The van der Waals surface area contributed by atoms with Crippen molar-refractivity contribution in [2.75, 3.05) is 19.6 Å². The minimum absolute atomic E-state index is 0.0176. The van der Waals surface area contributed by atoms with Crippen LogP contribution >= 0.6 is 0 Å². The average molecular weight is 288 g/mol. The summed E-state index contributed by atoms with van der Waals surface area (Å²) in [6.07, 6.45) is -1.08. The number of aliphatic carboxylic acids is 1. The lowest BCUT2D eigenvalue weighted by Gasteiger charge is -2.21. The van der Waals surface area contributed by atoms with Gasteiger partial charge >= 0.3 is 12.0 Å². The lowest BCUT2D eigenvalue weighted by atomic mass is 9.94. The van der Waals surface area contributed by atoms with Gasteiger partial charge in [-0.3, -0.25) is 4.79 Å². The third-order valence-electron chi connectivity index (χ3n) is 3.36. The van der Waals surface area contributed by atoms with E-state index in [-0.39, 0.29) is 38.0 Å². The molecule has 0 spiro atoms. The largest absolute Gasteiger partial charge is 0.481 e. The van der Waals surface area contributed by atoms with Gasteiger partial charge in [0, 0.05) is 13.0 Å². The third-order valence-corrected chi connectivity index (χ3v) is 3.36. The molecule has 3 unspecified atom stereocenters. The van der Waals surface area contributed by atoms with Gasteiger partial charge in [0.15, 0.2) is 0 Å². The number of aliphatic hydroxyl groups is 2. The second kappa shape index (κ2) is 7.44. The zero-order chi connectivity index (χ0) is 15.3. The van der Waals surface area contributed by atoms with Crippen LogP contribution in [-0.2, 0) is 4.79 Å². The van der Waals surface area contributed by atoms with Crippen LogP contribution in [0.5, 0.6) is 0 Å². The van der Waals surface area contributed by atoms with Gasteiger partial charge in [0.05, 0.1) is 25.3 Å². The first-order chi connectivity index (χ1) is 9.29. The van der Waals surface area contributed by atoms with Crippen molar-refractivity contribution in [2.24, 2.45) is 11.8 Å². The van der Waals surface area contributed by atoms with Gasteiger partial charge in [-0.15, -0.1) is 0 Å². The molecule has 3 atom stereocenters. The number of urea groups is 1. The number of rotatable bonds is 6. The van der Waals surface area contributed by atoms with E-state index in [0.29, 0.717) is 5.92 Å². The van der Waals surface area contributed by atoms with Crippen LogP contribution in [0.25, 0.3) is 0 Å². The van der Waals surface area contributed by atoms with Crippen molar-refractivity contribution in [1.29, 1.82) is 0 Å². The number of hydrogen-bond donors (Lipinski definition) is 4. The smallest absolute Gasteiger partial charge is 0.317 e. The maximum atomic E-state index is 11.9. The number of nitrogens with zero attached hydrogens (tertiary/aromatic N) is 1. The fourth-order valence-electron chi connectivity index (χ4n) is 2.43. The van der Waals surface area contributed by atoms with Gasteiger partial charge in [-0.1, -0.05) is 13.8 Å². The second-order valence-corrected chi connectivity index (χ2v) is 5.82. The van der Waals surface area contributed by atoms with Gasteiger partial charge in [0.1, 0.15) is 0 Å². The van der Waals surface area contributed by atoms with Gasteiger partial charge in [-0.2, -0.15) is 0 Å². The van der Waals surface area contributed by atoms with Crippen LogP contribution in [0.2, 0.25) is 0 Å². The Labute approximate surface area is 118 Å². The van der Waals surface area contributed by atoms with Crippen LogP contribution in [0.3, 0.4) is 0 Å². The predicted molar refractivity (Wildman–Crippen MR) is 72.2 cm³/mol. The molecule has 4 N–H and O–H groups in total. The normalized spacial score (nSPS) is 23.9. The fourth-order valence-corrected chi connectivity index (χ4v) is 2.43. The molecule has 0 aromatic rings. The summed E-state index contributed by atoms with van der Waals surface area (Å²) in [6, 6.07) is -0.375. The molecule has 0 saturated carbocycles. The highest BCUT2D eigenvalue weighted by molar-refractivity contribution is 5.74. The zero-order valence-corrected chi connectivity index (χ0v) is 12.0. The van der Waals surface area contributed by atoms with E-state index in [0.717, 1.165) is 6.42 Å². The first-order valence-corrected chi connectivity index (χ1v) is 6.90. The Hall–Kier alpha value is -1.34. The molecular formula is C13H24N2O5. The van der Waals surface area contributed by atoms with Gasteiger partial charge in [-0.25, -0.2) is 4.79 Å². The molecule has 7 heteroatoms. The van der Waals surface area contributed by atoms with Crippen molar-refractivity contribution in [3.63, 3.8) is 0 Å². The van der Waals surface area contributed by atoms with Crippen LogP contribution < -0.4 is 5.32 Å². The minimum Gasteiger partial charge on any atom is -0.481 e. The monoisotopic (exact) mass is 288 g/mol. The SMILES string of the molecule is CC(C)CC(CNC(=O)N1CC(O)C(O)C1)CC(=O)O. The van der Waals surface area contributed by atoms with Crippen LogP contribution in [-0.4, -0.2) is 64.1 Å². The first kappa shape index (κ1) is 16.7. The lowest BCUT2D eigenvalue weighted by molar-refractivity contribution is -0.138. The summed E-state index contributed by atoms with van der Waals surface area (Å²) in [5.41, 5.74) is 0. The molecule has 1 saturated heterocycles. The Morgan fingerprint density at radius 3 is 2.25 bits per heavy atom. The molecule has 1 fully saturated rings. The Balaban J connectivity index is 2.42. The molecule has 1 heterocycles. The van der Waals surface area contributed by atoms with E-state index in [1.54, 1.807) is 0 Å². The number of carboxylic acids is 1. The zero-order valence-electron chi connectivity index (χ0n) is 12.0. The van der Waals surface area contributed by atoms with Crippen molar-refractivity contribution in [3.05, 3.63) is 0 Å². The van der Waals surface area contributed by atoms with E-state index in [9.17, 15) is 19.8 Å². The number of nitrogens with one attached hydrogen (secondary N) is 1. The van der Waals surface area contributed by atoms with Gasteiger partial charge in [0.2, 0.25) is 0 Å². The maximum absolute atomic E-state index is 11.9. The predicted octanol–water partition coefficient (Wildman–Crippen LogP) is -0.130. The molecular weight excluding hydrogens is 264 g/mol. The molecule has 0 aromatic carbocycles. The van der Waals surface area contributed by atoms with Crippen molar-refractivity contribution in [1.82, 2.24) is 10.2 Å². The quantitative estimate of drug-likeness (QED) is 0.544. The first-order valence-electron chi connectivity index (χ1n) is 6.90. The molecule has 0 aromatic heterocycles. The Morgan fingerprint density at radius 1 is 1.25 bits per heavy atom. The summed E-state index contributed by atoms with van der Waals surface area (Å²) in [5, 5.41) is 30.3. The number of β-amino-alcohol motifs (C(OH)–C–C–N with tert-alkyl or cyclic N) is 2. The number of carbonyl (C=O) groups is 2. The molecule has 2 amide bonds. The van der Waals surface area contributed by atoms with Crippen LogP contribution in [0, 0.1) is 11.8 Å². The minimum atomic E-state index is -0.911. The van der Waals surface area contributed by atoms with Gasteiger partial charge in [-0.05, 0) is 18.3 Å². The highest BCUT2D eigenvalue weighted by Crippen LogP contribution is 2.15. The molecule has 0 aliphatic carbocycles. The van der Waals surface area contributed by atoms with Crippen LogP contribution in [0.1, 0.15) is 26.7 Å². The average Bonchev–Trinajstić information content (AvgIpc) is 2.65. The van der Waals surface area contributed by atoms with E-state index in [2.05, 4.69) is 5.32 Å². The van der Waals surface area contributed by atoms with E-state index in [1.807, 2.05) is 13.8 Å². The highest BCUT2D eigenvalue weighted by atomic mass is 16.4. The molecule has 20 heavy (non-hydrogen) atoms. The van der Waals surface area contributed by atoms with E-state index >= 15 is 0 Å².